The molecule has 0 saturated heterocycles. The van der Waals surface area contributed by atoms with Crippen molar-refractivity contribution in [2.45, 2.75) is 0 Å². The first-order valence-corrected chi connectivity index (χ1v) is 4.12. The summed E-state index contributed by atoms with van der Waals surface area (Å²) in [6, 6.07) is 0. The number of aliphatic hydroxyl groups is 2. The molecule has 0 saturated carbocycles. The van der Waals surface area contributed by atoms with Crippen molar-refractivity contribution < 1.29 is 24.9 Å². The Hall–Kier alpha value is -0.175. The number of nitrogens with zero attached hydrogens (tertiary/aromatic N) is 1. The second-order valence-electron chi connectivity index (χ2n) is 2.49. The maximum atomic E-state index is 8.61. The maximum absolute atomic E-state index is 8.61. The highest BCUT2D eigenvalue weighted by atomic mass is 16.6. The highest BCUT2D eigenvalue weighted by Crippen LogP contribution is 1.87. The number of rotatable bonds is 8. The standard InChI is InChI=1S/C6H16BNO5/c9-4-1-8(2-5-10)3-6-13-7(11)12/h9-12H,1-6H2. The van der Waals surface area contributed by atoms with Crippen LogP contribution in [0.5, 0.6) is 0 Å². The van der Waals surface area contributed by atoms with Crippen LogP contribution in [0.25, 0.3) is 0 Å². The third-order valence-corrected chi connectivity index (χ3v) is 1.51. The van der Waals surface area contributed by atoms with E-state index in [1.807, 2.05) is 0 Å². The van der Waals surface area contributed by atoms with Crippen LogP contribution in [0, 0.1) is 0 Å². The summed E-state index contributed by atoms with van der Waals surface area (Å²) in [6.07, 6.45) is 0. The van der Waals surface area contributed by atoms with Crippen LogP contribution in [0.2, 0.25) is 0 Å². The van der Waals surface area contributed by atoms with Crippen molar-refractivity contribution >= 4 is 7.32 Å². The summed E-state index contributed by atoms with van der Waals surface area (Å²) in [4.78, 5) is 1.75. The van der Waals surface area contributed by atoms with Crippen LogP contribution in [-0.4, -0.2) is 71.9 Å². The van der Waals surface area contributed by atoms with E-state index < -0.39 is 7.32 Å². The van der Waals surface area contributed by atoms with E-state index in [1.165, 1.54) is 0 Å². The smallest absolute Gasteiger partial charge is 0.402 e. The molecule has 0 fully saturated rings. The van der Waals surface area contributed by atoms with Gasteiger partial charge in [-0.25, -0.2) is 0 Å². The Morgan fingerprint density at radius 3 is 1.92 bits per heavy atom. The molecule has 0 rings (SSSR count). The van der Waals surface area contributed by atoms with Crippen molar-refractivity contribution in [3.8, 4) is 0 Å². The van der Waals surface area contributed by atoms with Gasteiger partial charge in [0.05, 0.1) is 13.2 Å². The lowest BCUT2D eigenvalue weighted by Gasteiger charge is -2.19. The van der Waals surface area contributed by atoms with E-state index in [1.54, 1.807) is 4.90 Å². The third kappa shape index (κ3) is 8.16. The lowest BCUT2D eigenvalue weighted by Crippen LogP contribution is -2.34. The number of hydrogen-bond acceptors (Lipinski definition) is 6. The number of aliphatic hydroxyl groups excluding tert-OH is 2. The summed E-state index contributed by atoms with van der Waals surface area (Å²) in [7, 11) is -1.76. The van der Waals surface area contributed by atoms with Gasteiger partial charge in [-0.05, 0) is 0 Å². The van der Waals surface area contributed by atoms with Gasteiger partial charge >= 0.3 is 7.32 Å². The molecular formula is C6H16BNO5. The van der Waals surface area contributed by atoms with Crippen LogP contribution in [0.15, 0.2) is 0 Å². The molecule has 0 aromatic rings. The average Bonchev–Trinajstić information content (AvgIpc) is 2.04. The van der Waals surface area contributed by atoms with E-state index in [0.29, 0.717) is 19.6 Å². The van der Waals surface area contributed by atoms with Crippen LogP contribution in [-0.2, 0) is 4.65 Å². The molecule has 7 heteroatoms. The molecule has 4 N–H and O–H groups in total. The second-order valence-corrected chi connectivity index (χ2v) is 2.49. The lowest BCUT2D eigenvalue weighted by atomic mass is 10.3. The van der Waals surface area contributed by atoms with Crippen LogP contribution in [0.1, 0.15) is 0 Å². The Morgan fingerprint density at radius 2 is 1.54 bits per heavy atom. The maximum Gasteiger partial charge on any atom is 0.633 e. The molecule has 78 valence electrons. The van der Waals surface area contributed by atoms with Crippen LogP contribution in [0.4, 0.5) is 0 Å². The van der Waals surface area contributed by atoms with E-state index in [0.717, 1.165) is 0 Å². The predicted octanol–water partition coefficient (Wildman–Crippen LogP) is -2.74. The van der Waals surface area contributed by atoms with E-state index in [2.05, 4.69) is 4.65 Å². The van der Waals surface area contributed by atoms with Crippen LogP contribution < -0.4 is 0 Å². The normalized spacial score (nSPS) is 10.8. The zero-order valence-electron chi connectivity index (χ0n) is 7.46. The van der Waals surface area contributed by atoms with Gasteiger partial charge in [0.1, 0.15) is 0 Å². The first-order valence-electron chi connectivity index (χ1n) is 4.12. The Bertz CT molecular complexity index is 109. The highest BCUT2D eigenvalue weighted by Gasteiger charge is 2.09. The van der Waals surface area contributed by atoms with Gasteiger partial charge in [-0.15, -0.1) is 0 Å². The Labute approximate surface area is 77.5 Å². The summed E-state index contributed by atoms with van der Waals surface area (Å²) in [5.74, 6) is 0. The van der Waals surface area contributed by atoms with Crippen molar-refractivity contribution in [3.63, 3.8) is 0 Å². The molecule has 0 atom stereocenters. The molecule has 6 nitrogen and oxygen atoms in total. The third-order valence-electron chi connectivity index (χ3n) is 1.51. The van der Waals surface area contributed by atoms with Crippen LogP contribution >= 0.6 is 0 Å². The van der Waals surface area contributed by atoms with Gasteiger partial charge in [0.15, 0.2) is 0 Å². The molecule has 0 radical (unpaired) electrons. The van der Waals surface area contributed by atoms with Crippen molar-refractivity contribution in [1.82, 2.24) is 4.90 Å². The quantitative estimate of drug-likeness (QED) is 0.312. The molecule has 0 aliphatic rings. The zero-order valence-corrected chi connectivity index (χ0v) is 7.46. The van der Waals surface area contributed by atoms with E-state index in [-0.39, 0.29) is 19.8 Å². The van der Waals surface area contributed by atoms with Gasteiger partial charge in [-0.2, -0.15) is 0 Å². The molecule has 0 unspecified atom stereocenters. The van der Waals surface area contributed by atoms with Gasteiger partial charge in [0, 0.05) is 26.2 Å². The Kier molecular flexibility index (Phi) is 8.31. The van der Waals surface area contributed by atoms with Gasteiger partial charge in [0.2, 0.25) is 0 Å². The van der Waals surface area contributed by atoms with Crippen molar-refractivity contribution in [2.75, 3.05) is 39.5 Å². The molecule has 0 aromatic heterocycles. The first kappa shape index (κ1) is 12.8. The average molecular weight is 193 g/mol. The summed E-state index contributed by atoms with van der Waals surface area (Å²) in [5.41, 5.74) is 0. The summed E-state index contributed by atoms with van der Waals surface area (Å²) >= 11 is 0. The fourth-order valence-corrected chi connectivity index (χ4v) is 0.905. The molecule has 0 aliphatic carbocycles. The highest BCUT2D eigenvalue weighted by molar-refractivity contribution is 6.32. The predicted molar refractivity (Wildman–Crippen MR) is 46.8 cm³/mol. The molecule has 0 heterocycles. The van der Waals surface area contributed by atoms with Gasteiger partial charge in [-0.3, -0.25) is 4.90 Å². The Balaban J connectivity index is 3.44. The fourth-order valence-electron chi connectivity index (χ4n) is 0.905. The fraction of sp³-hybridized carbons (Fsp3) is 1.00. The molecular weight excluding hydrogens is 177 g/mol. The SMILES string of the molecule is OCCN(CCO)CCOB(O)O. The molecule has 0 bridgehead atoms. The Morgan fingerprint density at radius 1 is 1.00 bits per heavy atom. The minimum atomic E-state index is -1.76. The summed E-state index contributed by atoms with van der Waals surface area (Å²) in [6.45, 7) is 1.47. The summed E-state index contributed by atoms with van der Waals surface area (Å²) < 4.78 is 4.47. The first-order chi connectivity index (χ1) is 6.20. The van der Waals surface area contributed by atoms with Crippen LogP contribution in [0.3, 0.4) is 0 Å². The van der Waals surface area contributed by atoms with E-state index in [9.17, 15) is 0 Å². The van der Waals surface area contributed by atoms with Gasteiger partial charge in [-0.1, -0.05) is 0 Å². The van der Waals surface area contributed by atoms with Gasteiger partial charge in [0.25, 0.3) is 0 Å². The van der Waals surface area contributed by atoms with Gasteiger partial charge < -0.3 is 24.9 Å². The molecule has 0 aliphatic heterocycles. The lowest BCUT2D eigenvalue weighted by molar-refractivity contribution is 0.121. The van der Waals surface area contributed by atoms with E-state index >= 15 is 0 Å². The van der Waals surface area contributed by atoms with Crippen molar-refractivity contribution in [1.29, 1.82) is 0 Å². The molecule has 0 spiro atoms. The van der Waals surface area contributed by atoms with Crippen molar-refractivity contribution in [2.24, 2.45) is 0 Å². The molecule has 0 aromatic carbocycles. The molecule has 0 amide bonds. The zero-order chi connectivity index (χ0) is 10.1. The topological polar surface area (TPSA) is 93.4 Å². The second kappa shape index (κ2) is 8.42. The summed E-state index contributed by atoms with van der Waals surface area (Å²) in [5, 5.41) is 33.9. The number of hydrogen-bond donors (Lipinski definition) is 4. The monoisotopic (exact) mass is 193 g/mol. The minimum absolute atomic E-state index is 0.00167. The largest absolute Gasteiger partial charge is 0.633 e. The van der Waals surface area contributed by atoms with E-state index in [4.69, 9.17) is 20.3 Å². The molecule has 13 heavy (non-hydrogen) atoms. The minimum Gasteiger partial charge on any atom is -0.402 e. The van der Waals surface area contributed by atoms with Crippen molar-refractivity contribution in [3.05, 3.63) is 0 Å².